The molecule has 0 saturated heterocycles. The van der Waals surface area contributed by atoms with E-state index in [2.05, 4.69) is 30.9 Å². The van der Waals surface area contributed by atoms with E-state index in [1.165, 1.54) is 5.56 Å². The molecule has 6 nitrogen and oxygen atoms in total. The molecular formula is C23H27N3O3S. The summed E-state index contributed by atoms with van der Waals surface area (Å²) in [7, 11) is 4.08. The quantitative estimate of drug-likeness (QED) is 0.590. The van der Waals surface area contributed by atoms with Crippen molar-refractivity contribution in [2.75, 3.05) is 45.3 Å². The highest BCUT2D eigenvalue weighted by molar-refractivity contribution is 7.22. The smallest absolute Gasteiger partial charge is 0.260 e. The summed E-state index contributed by atoms with van der Waals surface area (Å²) in [5, 5.41) is 0.734. The second-order valence-corrected chi connectivity index (χ2v) is 8.83. The lowest BCUT2D eigenvalue weighted by atomic mass is 10.1. The summed E-state index contributed by atoms with van der Waals surface area (Å²) >= 11 is 1.56. The highest BCUT2D eigenvalue weighted by Gasteiger charge is 2.24. The number of carbonyl (C=O) groups is 1. The third-order valence-electron chi connectivity index (χ3n) is 5.33. The third kappa shape index (κ3) is 4.13. The molecule has 1 aromatic heterocycles. The van der Waals surface area contributed by atoms with E-state index >= 15 is 0 Å². The zero-order valence-electron chi connectivity index (χ0n) is 17.9. The number of fused-ring (bicyclic) bond motifs is 2. The van der Waals surface area contributed by atoms with E-state index in [1.54, 1.807) is 28.4 Å². The standard InChI is InChI=1S/C23H27N3O3S/c1-15-6-9-20-21(16(15)2)24-23(30-20)26(11-5-10-25(3)4)22(27)17-7-8-18-19(14-17)29-13-12-28-18/h6-9,14H,5,10-13H2,1-4H3. The Morgan fingerprint density at radius 3 is 2.60 bits per heavy atom. The summed E-state index contributed by atoms with van der Waals surface area (Å²) in [6, 6.07) is 9.59. The monoisotopic (exact) mass is 425 g/mol. The normalized spacial score (nSPS) is 13.1. The number of hydrogen-bond donors (Lipinski definition) is 0. The zero-order chi connectivity index (χ0) is 21.3. The van der Waals surface area contributed by atoms with Gasteiger partial charge in [-0.3, -0.25) is 9.69 Å². The molecule has 0 unspecified atom stereocenters. The lowest BCUT2D eigenvalue weighted by Gasteiger charge is -2.23. The molecule has 0 saturated carbocycles. The first-order valence-corrected chi connectivity index (χ1v) is 11.0. The Morgan fingerprint density at radius 2 is 1.83 bits per heavy atom. The molecule has 1 aliphatic heterocycles. The maximum atomic E-state index is 13.5. The van der Waals surface area contributed by atoms with E-state index in [0.29, 0.717) is 36.8 Å². The summed E-state index contributed by atoms with van der Waals surface area (Å²) in [5.41, 5.74) is 3.92. The Morgan fingerprint density at radius 1 is 1.07 bits per heavy atom. The second-order valence-electron chi connectivity index (χ2n) is 7.82. The number of rotatable bonds is 6. The van der Waals surface area contributed by atoms with Crippen LogP contribution in [0.25, 0.3) is 10.2 Å². The van der Waals surface area contributed by atoms with E-state index in [4.69, 9.17) is 14.5 Å². The molecule has 0 bridgehead atoms. The minimum absolute atomic E-state index is 0.0702. The number of carbonyl (C=O) groups excluding carboxylic acids is 1. The maximum absolute atomic E-state index is 13.5. The Kier molecular flexibility index (Phi) is 5.92. The van der Waals surface area contributed by atoms with Crippen molar-refractivity contribution in [1.82, 2.24) is 9.88 Å². The van der Waals surface area contributed by atoms with Gasteiger partial charge in [0.2, 0.25) is 0 Å². The van der Waals surface area contributed by atoms with Gasteiger partial charge in [-0.15, -0.1) is 0 Å². The van der Waals surface area contributed by atoms with Gasteiger partial charge in [-0.2, -0.15) is 0 Å². The summed E-state index contributed by atoms with van der Waals surface area (Å²) in [6.07, 6.45) is 0.858. The Bertz CT molecular complexity index is 1080. The fourth-order valence-electron chi connectivity index (χ4n) is 3.49. The van der Waals surface area contributed by atoms with Crippen LogP contribution in [-0.4, -0.2) is 56.2 Å². The van der Waals surface area contributed by atoms with Gasteiger partial charge in [0.05, 0.1) is 10.2 Å². The summed E-state index contributed by atoms with van der Waals surface area (Å²) in [6.45, 7) is 6.69. The van der Waals surface area contributed by atoms with Crippen LogP contribution in [-0.2, 0) is 0 Å². The van der Waals surface area contributed by atoms with Crippen molar-refractivity contribution >= 4 is 32.6 Å². The van der Waals surface area contributed by atoms with Gasteiger partial charge in [0.25, 0.3) is 5.91 Å². The fraction of sp³-hybridized carbons (Fsp3) is 0.391. The van der Waals surface area contributed by atoms with Crippen LogP contribution < -0.4 is 14.4 Å². The van der Waals surface area contributed by atoms with E-state index in [-0.39, 0.29) is 5.91 Å². The number of ether oxygens (including phenoxy) is 2. The number of aromatic nitrogens is 1. The first-order chi connectivity index (χ1) is 14.4. The van der Waals surface area contributed by atoms with E-state index in [9.17, 15) is 4.79 Å². The molecule has 30 heavy (non-hydrogen) atoms. The molecular weight excluding hydrogens is 398 g/mol. The van der Waals surface area contributed by atoms with Crippen molar-refractivity contribution < 1.29 is 14.3 Å². The molecule has 0 aliphatic carbocycles. The maximum Gasteiger partial charge on any atom is 0.260 e. The number of amides is 1. The molecule has 1 aliphatic rings. The van der Waals surface area contributed by atoms with Crippen molar-refractivity contribution in [3.63, 3.8) is 0 Å². The van der Waals surface area contributed by atoms with Gasteiger partial charge < -0.3 is 14.4 Å². The Balaban J connectivity index is 1.69. The number of nitrogens with zero attached hydrogens (tertiary/aromatic N) is 3. The van der Waals surface area contributed by atoms with Crippen LogP contribution in [0.15, 0.2) is 30.3 Å². The van der Waals surface area contributed by atoms with Crippen LogP contribution in [0, 0.1) is 13.8 Å². The van der Waals surface area contributed by atoms with Gasteiger partial charge in [0.15, 0.2) is 16.6 Å². The van der Waals surface area contributed by atoms with Gasteiger partial charge in [-0.1, -0.05) is 17.4 Å². The minimum atomic E-state index is -0.0702. The van der Waals surface area contributed by atoms with Crippen LogP contribution in [0.4, 0.5) is 5.13 Å². The molecule has 0 atom stereocenters. The number of anilines is 1. The molecule has 0 N–H and O–H groups in total. The molecule has 4 rings (SSSR count). The molecule has 3 aromatic rings. The average molecular weight is 426 g/mol. The predicted octanol–water partition coefficient (Wildman–Crippen LogP) is 4.28. The molecule has 158 valence electrons. The van der Waals surface area contributed by atoms with E-state index < -0.39 is 0 Å². The van der Waals surface area contributed by atoms with Crippen molar-refractivity contribution in [3.8, 4) is 11.5 Å². The van der Waals surface area contributed by atoms with Crippen LogP contribution >= 0.6 is 11.3 Å². The SMILES string of the molecule is Cc1ccc2sc(N(CCCN(C)C)C(=O)c3ccc4c(c3)OCCO4)nc2c1C. The van der Waals surface area contributed by atoms with Crippen LogP contribution in [0.2, 0.25) is 0 Å². The highest BCUT2D eigenvalue weighted by atomic mass is 32.1. The lowest BCUT2D eigenvalue weighted by molar-refractivity contribution is 0.0984. The molecule has 0 fully saturated rings. The number of thiazole rings is 1. The van der Waals surface area contributed by atoms with Gasteiger partial charge in [-0.25, -0.2) is 4.98 Å². The summed E-state index contributed by atoms with van der Waals surface area (Å²) in [5.74, 6) is 1.23. The molecule has 0 radical (unpaired) electrons. The molecule has 0 spiro atoms. The van der Waals surface area contributed by atoms with Gasteiger partial charge in [0, 0.05) is 12.1 Å². The molecule has 2 heterocycles. The number of hydrogen-bond acceptors (Lipinski definition) is 6. The number of benzene rings is 2. The zero-order valence-corrected chi connectivity index (χ0v) is 18.7. The topological polar surface area (TPSA) is 54.9 Å². The molecule has 7 heteroatoms. The highest BCUT2D eigenvalue weighted by Crippen LogP contribution is 2.35. The van der Waals surface area contributed by atoms with Crippen LogP contribution in [0.1, 0.15) is 27.9 Å². The first kappa shape index (κ1) is 20.6. The Labute approximate surface area is 181 Å². The van der Waals surface area contributed by atoms with Gasteiger partial charge in [-0.05, 0) is 76.3 Å². The van der Waals surface area contributed by atoms with Crippen molar-refractivity contribution in [2.24, 2.45) is 0 Å². The predicted molar refractivity (Wildman–Crippen MR) is 121 cm³/mol. The molecule has 1 amide bonds. The Hall–Kier alpha value is -2.64. The van der Waals surface area contributed by atoms with Crippen molar-refractivity contribution in [3.05, 3.63) is 47.0 Å². The summed E-state index contributed by atoms with van der Waals surface area (Å²) < 4.78 is 12.4. The van der Waals surface area contributed by atoms with E-state index in [1.807, 2.05) is 20.2 Å². The van der Waals surface area contributed by atoms with Crippen LogP contribution in [0.3, 0.4) is 0 Å². The van der Waals surface area contributed by atoms with E-state index in [0.717, 1.165) is 33.9 Å². The lowest BCUT2D eigenvalue weighted by Crippen LogP contribution is -2.33. The van der Waals surface area contributed by atoms with Crippen molar-refractivity contribution in [1.29, 1.82) is 0 Å². The second kappa shape index (κ2) is 8.62. The minimum Gasteiger partial charge on any atom is -0.486 e. The average Bonchev–Trinajstić information content (AvgIpc) is 3.17. The third-order valence-corrected chi connectivity index (χ3v) is 6.37. The van der Waals surface area contributed by atoms with Gasteiger partial charge in [0.1, 0.15) is 13.2 Å². The first-order valence-electron chi connectivity index (χ1n) is 10.2. The fourth-order valence-corrected chi connectivity index (χ4v) is 4.54. The largest absolute Gasteiger partial charge is 0.486 e. The number of aryl methyl sites for hydroxylation is 2. The summed E-state index contributed by atoms with van der Waals surface area (Å²) in [4.78, 5) is 22.3. The van der Waals surface area contributed by atoms with Crippen molar-refractivity contribution in [2.45, 2.75) is 20.3 Å². The van der Waals surface area contributed by atoms with Crippen LogP contribution in [0.5, 0.6) is 11.5 Å². The molecule has 2 aromatic carbocycles. The van der Waals surface area contributed by atoms with Gasteiger partial charge >= 0.3 is 0 Å².